The monoisotopic (exact) mass is 233 g/mol. The fourth-order valence-electron chi connectivity index (χ4n) is 1.30. The third kappa shape index (κ3) is 5.22. The van der Waals surface area contributed by atoms with Crippen LogP contribution in [0.2, 0.25) is 0 Å². The Kier molecular flexibility index (Phi) is 6.60. The van der Waals surface area contributed by atoms with Gasteiger partial charge in [0.2, 0.25) is 0 Å². The van der Waals surface area contributed by atoms with Gasteiger partial charge < -0.3 is 14.8 Å². The van der Waals surface area contributed by atoms with Crippen molar-refractivity contribution in [2.45, 2.75) is 0 Å². The quantitative estimate of drug-likeness (QED) is 0.552. The van der Waals surface area contributed by atoms with E-state index in [1.165, 1.54) is 0 Å². The van der Waals surface area contributed by atoms with Gasteiger partial charge in [0.1, 0.15) is 6.61 Å². The van der Waals surface area contributed by atoms with Crippen molar-refractivity contribution in [1.82, 2.24) is 5.32 Å². The first-order valence-electron chi connectivity index (χ1n) is 5.61. The van der Waals surface area contributed by atoms with E-state index in [0.717, 1.165) is 24.6 Å². The Morgan fingerprint density at radius 1 is 1.18 bits per heavy atom. The number of nitrogens with one attached hydrogen (secondary N) is 1. The molecule has 0 aliphatic heterocycles. The normalized spacial score (nSPS) is 10.4. The third-order valence-electron chi connectivity index (χ3n) is 2.12. The molecule has 0 saturated heterocycles. The van der Waals surface area contributed by atoms with Crippen LogP contribution in [-0.4, -0.2) is 26.8 Å². The lowest BCUT2D eigenvalue weighted by Gasteiger charge is -2.08. The van der Waals surface area contributed by atoms with Gasteiger partial charge in [-0.05, 0) is 12.1 Å². The molecule has 0 aromatic heterocycles. The summed E-state index contributed by atoms with van der Waals surface area (Å²) in [5, 5.41) is 3.17. The van der Waals surface area contributed by atoms with Gasteiger partial charge in [-0.25, -0.2) is 0 Å². The summed E-state index contributed by atoms with van der Waals surface area (Å²) in [6.45, 7) is 5.80. The SMILES string of the molecule is C=CCNCC=CCOc1ccccc1OC. The molecule has 0 amide bonds. The number of para-hydroxylation sites is 2. The molecule has 1 aromatic rings. The van der Waals surface area contributed by atoms with Crippen LogP contribution in [0.1, 0.15) is 0 Å². The number of hydrogen-bond donors (Lipinski definition) is 1. The first kappa shape index (κ1) is 13.3. The van der Waals surface area contributed by atoms with Crippen LogP contribution in [0.5, 0.6) is 11.5 Å². The minimum atomic E-state index is 0.538. The molecular formula is C14H19NO2. The summed E-state index contributed by atoms with van der Waals surface area (Å²) in [6.07, 6.45) is 5.83. The predicted molar refractivity (Wildman–Crippen MR) is 70.7 cm³/mol. The summed E-state index contributed by atoms with van der Waals surface area (Å²) >= 11 is 0. The Hall–Kier alpha value is -1.74. The van der Waals surface area contributed by atoms with Gasteiger partial charge in [-0.2, -0.15) is 0 Å². The van der Waals surface area contributed by atoms with E-state index in [4.69, 9.17) is 9.47 Å². The lowest BCUT2D eigenvalue weighted by Crippen LogP contribution is -2.12. The molecule has 0 heterocycles. The zero-order valence-electron chi connectivity index (χ0n) is 10.2. The van der Waals surface area contributed by atoms with Crippen LogP contribution in [0, 0.1) is 0 Å². The zero-order chi connectivity index (χ0) is 12.3. The van der Waals surface area contributed by atoms with Gasteiger partial charge in [0.05, 0.1) is 7.11 Å². The number of hydrogen-bond acceptors (Lipinski definition) is 3. The minimum Gasteiger partial charge on any atom is -0.493 e. The molecule has 1 N–H and O–H groups in total. The second-order valence-electron chi connectivity index (χ2n) is 3.38. The highest BCUT2D eigenvalue weighted by atomic mass is 16.5. The van der Waals surface area contributed by atoms with Gasteiger partial charge in [-0.15, -0.1) is 6.58 Å². The molecule has 3 nitrogen and oxygen atoms in total. The van der Waals surface area contributed by atoms with Crippen LogP contribution in [-0.2, 0) is 0 Å². The fourth-order valence-corrected chi connectivity index (χ4v) is 1.30. The van der Waals surface area contributed by atoms with E-state index in [1.54, 1.807) is 7.11 Å². The van der Waals surface area contributed by atoms with Crippen molar-refractivity contribution in [2.75, 3.05) is 26.8 Å². The van der Waals surface area contributed by atoms with E-state index >= 15 is 0 Å². The molecule has 17 heavy (non-hydrogen) atoms. The van der Waals surface area contributed by atoms with E-state index in [-0.39, 0.29) is 0 Å². The van der Waals surface area contributed by atoms with E-state index in [2.05, 4.69) is 11.9 Å². The number of methoxy groups -OCH3 is 1. The zero-order valence-corrected chi connectivity index (χ0v) is 10.2. The predicted octanol–water partition coefficient (Wildman–Crippen LogP) is 2.41. The van der Waals surface area contributed by atoms with Crippen molar-refractivity contribution < 1.29 is 9.47 Å². The lowest BCUT2D eigenvalue weighted by molar-refractivity contribution is 0.326. The summed E-state index contributed by atoms with van der Waals surface area (Å²) in [6, 6.07) is 7.61. The summed E-state index contributed by atoms with van der Waals surface area (Å²) in [5.41, 5.74) is 0. The van der Waals surface area contributed by atoms with Crippen LogP contribution >= 0.6 is 0 Å². The molecule has 0 bridgehead atoms. The Morgan fingerprint density at radius 3 is 2.65 bits per heavy atom. The van der Waals surface area contributed by atoms with Crippen molar-refractivity contribution >= 4 is 0 Å². The van der Waals surface area contributed by atoms with Gasteiger partial charge in [0.25, 0.3) is 0 Å². The van der Waals surface area contributed by atoms with Crippen molar-refractivity contribution in [3.05, 3.63) is 49.1 Å². The van der Waals surface area contributed by atoms with Gasteiger partial charge in [-0.3, -0.25) is 0 Å². The van der Waals surface area contributed by atoms with Gasteiger partial charge in [-0.1, -0.05) is 30.4 Å². The molecule has 1 rings (SSSR count). The van der Waals surface area contributed by atoms with E-state index < -0.39 is 0 Å². The molecule has 0 fully saturated rings. The van der Waals surface area contributed by atoms with Crippen molar-refractivity contribution in [2.24, 2.45) is 0 Å². The van der Waals surface area contributed by atoms with E-state index in [1.807, 2.05) is 42.5 Å². The molecule has 92 valence electrons. The molecule has 3 heteroatoms. The smallest absolute Gasteiger partial charge is 0.161 e. The first-order chi connectivity index (χ1) is 8.38. The largest absolute Gasteiger partial charge is 0.493 e. The fraction of sp³-hybridized carbons (Fsp3) is 0.286. The molecule has 0 aliphatic rings. The van der Waals surface area contributed by atoms with Crippen molar-refractivity contribution in [3.63, 3.8) is 0 Å². The lowest BCUT2D eigenvalue weighted by atomic mass is 10.3. The minimum absolute atomic E-state index is 0.538. The Balaban J connectivity index is 2.28. The van der Waals surface area contributed by atoms with Gasteiger partial charge in [0.15, 0.2) is 11.5 Å². The Bertz CT molecular complexity index is 361. The molecule has 0 saturated carbocycles. The summed E-state index contributed by atoms with van der Waals surface area (Å²) in [5.74, 6) is 1.52. The molecule has 0 aliphatic carbocycles. The highest BCUT2D eigenvalue weighted by Crippen LogP contribution is 2.25. The van der Waals surface area contributed by atoms with Crippen LogP contribution in [0.3, 0.4) is 0 Å². The third-order valence-corrected chi connectivity index (χ3v) is 2.12. The van der Waals surface area contributed by atoms with Crippen LogP contribution in [0.4, 0.5) is 0 Å². The highest BCUT2D eigenvalue weighted by Gasteiger charge is 1.99. The molecule has 0 radical (unpaired) electrons. The van der Waals surface area contributed by atoms with Crippen molar-refractivity contribution in [1.29, 1.82) is 0 Å². The maximum atomic E-state index is 5.57. The second-order valence-corrected chi connectivity index (χ2v) is 3.38. The summed E-state index contributed by atoms with van der Waals surface area (Å²) in [4.78, 5) is 0. The van der Waals surface area contributed by atoms with Crippen LogP contribution in [0.25, 0.3) is 0 Å². The molecule has 0 spiro atoms. The Labute approximate surface area is 103 Å². The second kappa shape index (κ2) is 8.42. The average molecular weight is 233 g/mol. The van der Waals surface area contributed by atoms with Gasteiger partial charge >= 0.3 is 0 Å². The number of ether oxygens (including phenoxy) is 2. The van der Waals surface area contributed by atoms with E-state index in [0.29, 0.717) is 6.61 Å². The van der Waals surface area contributed by atoms with Crippen LogP contribution < -0.4 is 14.8 Å². The average Bonchev–Trinajstić information content (AvgIpc) is 2.38. The summed E-state index contributed by atoms with van der Waals surface area (Å²) in [7, 11) is 1.64. The van der Waals surface area contributed by atoms with Crippen molar-refractivity contribution in [3.8, 4) is 11.5 Å². The molecule has 0 atom stereocenters. The molecule has 1 aromatic carbocycles. The van der Waals surface area contributed by atoms with Crippen LogP contribution in [0.15, 0.2) is 49.1 Å². The number of benzene rings is 1. The maximum Gasteiger partial charge on any atom is 0.161 e. The number of rotatable bonds is 8. The summed E-state index contributed by atoms with van der Waals surface area (Å²) < 4.78 is 10.8. The van der Waals surface area contributed by atoms with E-state index in [9.17, 15) is 0 Å². The first-order valence-corrected chi connectivity index (χ1v) is 5.61. The highest BCUT2D eigenvalue weighted by molar-refractivity contribution is 5.39. The standard InChI is InChI=1S/C14H19NO2/c1-3-10-15-11-6-7-12-17-14-9-5-4-8-13(14)16-2/h3-9,15H,1,10-12H2,2H3. The molecule has 0 unspecified atom stereocenters. The maximum absolute atomic E-state index is 5.57. The Morgan fingerprint density at radius 2 is 1.94 bits per heavy atom. The molecular weight excluding hydrogens is 214 g/mol. The topological polar surface area (TPSA) is 30.5 Å². The van der Waals surface area contributed by atoms with Gasteiger partial charge in [0, 0.05) is 13.1 Å².